The summed E-state index contributed by atoms with van der Waals surface area (Å²) in [5.74, 6) is 0.658. The minimum atomic E-state index is -0.140. The van der Waals surface area contributed by atoms with Crippen LogP contribution in [0.5, 0.6) is 5.75 Å². The van der Waals surface area contributed by atoms with Gasteiger partial charge in [0, 0.05) is 31.0 Å². The fourth-order valence-electron chi connectivity index (χ4n) is 5.53. The van der Waals surface area contributed by atoms with Crippen LogP contribution in [0.1, 0.15) is 72.2 Å². The van der Waals surface area contributed by atoms with Crippen LogP contribution in [0.15, 0.2) is 54.6 Å². The van der Waals surface area contributed by atoms with Gasteiger partial charge in [0.05, 0.1) is 11.6 Å². The third kappa shape index (κ3) is 5.07. The highest BCUT2D eigenvalue weighted by atomic mass is 16.5. The van der Waals surface area contributed by atoms with Crippen molar-refractivity contribution in [2.75, 3.05) is 20.1 Å². The van der Waals surface area contributed by atoms with E-state index in [0.29, 0.717) is 17.0 Å². The summed E-state index contributed by atoms with van der Waals surface area (Å²) in [6.07, 6.45) is 7.75. The Hall–Kier alpha value is -3.28. The van der Waals surface area contributed by atoms with E-state index in [9.17, 15) is 9.59 Å². The lowest BCUT2D eigenvalue weighted by molar-refractivity contribution is 0.0264. The Bertz CT molecular complexity index is 1150. The predicted octanol–water partition coefficient (Wildman–Crippen LogP) is 5.65. The molecule has 0 spiro atoms. The van der Waals surface area contributed by atoms with Crippen LogP contribution in [0.2, 0.25) is 0 Å². The maximum Gasteiger partial charge on any atom is 0.270 e. The lowest BCUT2D eigenvalue weighted by atomic mass is 9.90. The molecule has 3 aromatic rings. The lowest BCUT2D eigenvalue weighted by Crippen LogP contribution is -2.51. The minimum Gasteiger partial charge on any atom is -0.487 e. The number of hydrogen-bond donors (Lipinski definition) is 1. The van der Waals surface area contributed by atoms with E-state index in [0.717, 1.165) is 75.4 Å². The van der Waals surface area contributed by atoms with Crippen molar-refractivity contribution in [2.45, 2.75) is 63.5 Å². The average molecular weight is 474 g/mol. The molecule has 0 saturated heterocycles. The highest BCUT2D eigenvalue weighted by Gasteiger charge is 2.36. The predicted molar refractivity (Wildman–Crippen MR) is 138 cm³/mol. The van der Waals surface area contributed by atoms with Crippen LogP contribution < -0.4 is 4.74 Å². The van der Waals surface area contributed by atoms with Crippen LogP contribution in [0.4, 0.5) is 0 Å². The summed E-state index contributed by atoms with van der Waals surface area (Å²) in [6, 6.07) is 17.5. The number of para-hydroxylation sites is 2. The fraction of sp³-hybridized carbons (Fsp3) is 0.448. The topological polar surface area (TPSA) is 65.6 Å². The average Bonchev–Trinajstić information content (AvgIpc) is 3.32. The van der Waals surface area contributed by atoms with E-state index in [2.05, 4.69) is 9.88 Å². The Kier molecular flexibility index (Phi) is 7.07. The van der Waals surface area contributed by atoms with Crippen molar-refractivity contribution in [1.82, 2.24) is 14.8 Å². The van der Waals surface area contributed by atoms with Crippen molar-refractivity contribution in [3.8, 4) is 5.75 Å². The summed E-state index contributed by atoms with van der Waals surface area (Å²) in [4.78, 5) is 34.3. The molecule has 0 unspecified atom stereocenters. The summed E-state index contributed by atoms with van der Waals surface area (Å²) in [6.45, 7) is 1.44. The molecule has 184 valence electrons. The molecule has 1 aliphatic carbocycles. The molecule has 2 aliphatic rings. The number of carbonyl (C=O) groups is 2. The molecule has 1 fully saturated rings. The standard InChI is InChI=1S/C29H35N3O3/c1-31-18-10-2-3-11-19-32(29(34)24-20-21-12-4-6-14-23(21)30-24)25-15-7-9-17-27(25)35-26-16-8-5-13-22(26)28(31)33/h4-6,8,12-14,16,20,25,27,30H,2-3,7,9-11,15,17-19H2,1H3/t25-,27+/m1/s1. The molecule has 6 heteroatoms. The maximum absolute atomic E-state index is 13.9. The monoisotopic (exact) mass is 473 g/mol. The largest absolute Gasteiger partial charge is 0.487 e. The van der Waals surface area contributed by atoms with Gasteiger partial charge in [0.15, 0.2) is 0 Å². The van der Waals surface area contributed by atoms with E-state index in [1.54, 1.807) is 4.90 Å². The van der Waals surface area contributed by atoms with Gasteiger partial charge in [0.2, 0.25) is 0 Å². The zero-order chi connectivity index (χ0) is 24.2. The number of amides is 2. The van der Waals surface area contributed by atoms with Gasteiger partial charge in [-0.2, -0.15) is 0 Å². The van der Waals surface area contributed by atoms with Crippen molar-refractivity contribution in [1.29, 1.82) is 0 Å². The molecule has 0 bridgehead atoms. The highest BCUT2D eigenvalue weighted by molar-refractivity contribution is 5.98. The van der Waals surface area contributed by atoms with E-state index in [1.807, 2.05) is 61.6 Å². The van der Waals surface area contributed by atoms with E-state index in [-0.39, 0.29) is 24.0 Å². The van der Waals surface area contributed by atoms with Gasteiger partial charge in [-0.3, -0.25) is 9.59 Å². The first-order chi connectivity index (χ1) is 17.1. The first kappa shape index (κ1) is 23.5. The number of aromatic amines is 1. The number of H-pyrrole nitrogens is 1. The first-order valence-electron chi connectivity index (χ1n) is 13.0. The van der Waals surface area contributed by atoms with Gasteiger partial charge >= 0.3 is 0 Å². The van der Waals surface area contributed by atoms with Gasteiger partial charge in [-0.1, -0.05) is 49.6 Å². The molecule has 5 rings (SSSR count). The van der Waals surface area contributed by atoms with E-state index in [4.69, 9.17) is 4.74 Å². The van der Waals surface area contributed by atoms with Crippen molar-refractivity contribution in [3.63, 3.8) is 0 Å². The third-order valence-corrected chi connectivity index (χ3v) is 7.47. The van der Waals surface area contributed by atoms with Crippen LogP contribution in [-0.2, 0) is 0 Å². The maximum atomic E-state index is 13.9. The van der Waals surface area contributed by atoms with E-state index >= 15 is 0 Å². The van der Waals surface area contributed by atoms with Gasteiger partial charge in [0.1, 0.15) is 17.5 Å². The van der Waals surface area contributed by atoms with Crippen molar-refractivity contribution >= 4 is 22.7 Å². The zero-order valence-electron chi connectivity index (χ0n) is 20.5. The molecule has 2 amide bonds. The number of benzene rings is 2. The molecule has 0 radical (unpaired) electrons. The smallest absolute Gasteiger partial charge is 0.270 e. The summed E-state index contributed by atoms with van der Waals surface area (Å²) in [5, 5.41) is 1.05. The van der Waals surface area contributed by atoms with Gasteiger partial charge in [-0.05, 0) is 56.4 Å². The molecule has 6 nitrogen and oxygen atoms in total. The summed E-state index contributed by atoms with van der Waals surface area (Å²) >= 11 is 0. The fourth-order valence-corrected chi connectivity index (χ4v) is 5.53. The number of rotatable bonds is 1. The molecule has 1 aliphatic heterocycles. The molecule has 2 aromatic carbocycles. The van der Waals surface area contributed by atoms with Crippen LogP contribution in [0.3, 0.4) is 0 Å². The van der Waals surface area contributed by atoms with Gasteiger partial charge in [0.25, 0.3) is 11.8 Å². The molecule has 1 N–H and O–H groups in total. The van der Waals surface area contributed by atoms with E-state index < -0.39 is 0 Å². The van der Waals surface area contributed by atoms with Crippen molar-refractivity contribution in [2.24, 2.45) is 0 Å². The Morgan fingerprint density at radius 3 is 2.51 bits per heavy atom. The number of hydrogen-bond acceptors (Lipinski definition) is 3. The number of fused-ring (bicyclic) bond motifs is 3. The number of ether oxygens (including phenoxy) is 1. The number of nitrogens with zero attached hydrogens (tertiary/aromatic N) is 2. The van der Waals surface area contributed by atoms with Gasteiger partial charge < -0.3 is 19.5 Å². The normalized spacial score (nSPS) is 22.1. The van der Waals surface area contributed by atoms with Crippen molar-refractivity contribution < 1.29 is 14.3 Å². The second kappa shape index (κ2) is 10.5. The molecular formula is C29H35N3O3. The Balaban J connectivity index is 1.48. The van der Waals surface area contributed by atoms with E-state index in [1.165, 1.54) is 0 Å². The molecule has 35 heavy (non-hydrogen) atoms. The SMILES string of the molecule is CN1CCCCCCN(C(=O)c2cc3ccccc3[nH]2)[C@@H]2CCCC[C@@H]2Oc2ccccc2C1=O. The number of carbonyl (C=O) groups excluding carboxylic acids is 2. The Morgan fingerprint density at radius 2 is 1.66 bits per heavy atom. The van der Waals surface area contributed by atoms with Gasteiger partial charge in [-0.15, -0.1) is 0 Å². The Labute approximate surface area is 207 Å². The van der Waals surface area contributed by atoms with Crippen LogP contribution in [-0.4, -0.2) is 58.9 Å². The number of aromatic nitrogens is 1. The Morgan fingerprint density at radius 1 is 0.914 bits per heavy atom. The minimum absolute atomic E-state index is 0.00368. The summed E-state index contributed by atoms with van der Waals surface area (Å²) in [7, 11) is 1.87. The van der Waals surface area contributed by atoms with Gasteiger partial charge in [-0.25, -0.2) is 0 Å². The molecule has 2 atom stereocenters. The van der Waals surface area contributed by atoms with Crippen LogP contribution in [0, 0.1) is 0 Å². The second-order valence-electron chi connectivity index (χ2n) is 9.91. The quantitative estimate of drug-likeness (QED) is 0.497. The van der Waals surface area contributed by atoms with Crippen molar-refractivity contribution in [3.05, 3.63) is 65.9 Å². The molecule has 1 aromatic heterocycles. The highest BCUT2D eigenvalue weighted by Crippen LogP contribution is 2.31. The molecule has 2 heterocycles. The summed E-state index contributed by atoms with van der Waals surface area (Å²) in [5.41, 5.74) is 2.21. The zero-order valence-corrected chi connectivity index (χ0v) is 20.5. The first-order valence-corrected chi connectivity index (χ1v) is 13.0. The third-order valence-electron chi connectivity index (χ3n) is 7.47. The number of nitrogens with one attached hydrogen (secondary N) is 1. The lowest BCUT2D eigenvalue weighted by Gasteiger charge is -2.40. The second-order valence-corrected chi connectivity index (χ2v) is 9.91. The van der Waals surface area contributed by atoms with Crippen LogP contribution in [0.25, 0.3) is 10.9 Å². The molecular weight excluding hydrogens is 438 g/mol. The van der Waals surface area contributed by atoms with Crippen LogP contribution >= 0.6 is 0 Å². The molecule has 1 saturated carbocycles. The summed E-state index contributed by atoms with van der Waals surface area (Å²) < 4.78 is 6.59.